The van der Waals surface area contributed by atoms with Crippen LogP contribution in [0.1, 0.15) is 25.0 Å². The van der Waals surface area contributed by atoms with Crippen molar-refractivity contribution < 1.29 is 18.0 Å². The van der Waals surface area contributed by atoms with Crippen LogP contribution >= 0.6 is 0 Å². The van der Waals surface area contributed by atoms with E-state index in [1.165, 1.54) is 0 Å². The van der Waals surface area contributed by atoms with Crippen molar-refractivity contribution in [2.24, 2.45) is 0 Å². The van der Waals surface area contributed by atoms with E-state index in [-0.39, 0.29) is 0 Å². The standard InChI is InChI=1S/C12H15F3N2O/c13-12(14,15)7-6-11(18)17-9-3-5-10-4-1-2-8-16-10/h1-2,4,8H,3,5-7,9H2,(H,17,18). The highest BCUT2D eigenvalue weighted by Crippen LogP contribution is 2.20. The topological polar surface area (TPSA) is 42.0 Å². The number of aromatic nitrogens is 1. The second kappa shape index (κ2) is 6.98. The summed E-state index contributed by atoms with van der Waals surface area (Å²) in [6.07, 6.45) is -2.82. The second-order valence-corrected chi connectivity index (χ2v) is 3.89. The first kappa shape index (κ1) is 14.5. The van der Waals surface area contributed by atoms with E-state index in [1.54, 1.807) is 6.20 Å². The van der Waals surface area contributed by atoms with E-state index in [0.29, 0.717) is 19.4 Å². The monoisotopic (exact) mass is 260 g/mol. The molecule has 100 valence electrons. The minimum atomic E-state index is -4.27. The Kier molecular flexibility index (Phi) is 5.61. The van der Waals surface area contributed by atoms with Crippen molar-refractivity contribution in [3.8, 4) is 0 Å². The predicted molar refractivity (Wildman–Crippen MR) is 60.9 cm³/mol. The molecule has 0 bridgehead atoms. The van der Waals surface area contributed by atoms with Crippen molar-refractivity contribution in [2.45, 2.75) is 31.9 Å². The Morgan fingerprint density at radius 2 is 2.11 bits per heavy atom. The minimum absolute atomic E-state index is 0.368. The van der Waals surface area contributed by atoms with Crippen LogP contribution in [0.5, 0.6) is 0 Å². The molecular formula is C12H15F3N2O. The molecule has 0 aliphatic heterocycles. The summed E-state index contributed by atoms with van der Waals surface area (Å²) >= 11 is 0. The molecule has 0 fully saturated rings. The molecule has 0 saturated heterocycles. The molecule has 0 aromatic carbocycles. The van der Waals surface area contributed by atoms with Gasteiger partial charge in [-0.25, -0.2) is 0 Å². The summed E-state index contributed by atoms with van der Waals surface area (Å²) < 4.78 is 35.5. The number of pyridine rings is 1. The van der Waals surface area contributed by atoms with E-state index < -0.39 is 24.9 Å². The Morgan fingerprint density at radius 1 is 1.33 bits per heavy atom. The van der Waals surface area contributed by atoms with Crippen molar-refractivity contribution in [3.63, 3.8) is 0 Å². The number of nitrogens with zero attached hydrogens (tertiary/aromatic N) is 1. The van der Waals surface area contributed by atoms with Crippen LogP contribution in [0.3, 0.4) is 0 Å². The van der Waals surface area contributed by atoms with Gasteiger partial charge >= 0.3 is 6.18 Å². The van der Waals surface area contributed by atoms with E-state index >= 15 is 0 Å². The fourth-order valence-corrected chi connectivity index (χ4v) is 1.39. The molecule has 0 radical (unpaired) electrons. The van der Waals surface area contributed by atoms with Gasteiger partial charge in [-0.05, 0) is 25.0 Å². The van der Waals surface area contributed by atoms with Crippen LogP contribution in [0.4, 0.5) is 13.2 Å². The Hall–Kier alpha value is -1.59. The maximum absolute atomic E-state index is 11.8. The van der Waals surface area contributed by atoms with Gasteiger partial charge in [-0.15, -0.1) is 0 Å². The van der Waals surface area contributed by atoms with Gasteiger partial charge in [0.1, 0.15) is 0 Å². The summed E-state index contributed by atoms with van der Waals surface area (Å²) in [5.74, 6) is -0.562. The van der Waals surface area contributed by atoms with Crippen LogP contribution in [0.15, 0.2) is 24.4 Å². The molecule has 1 aromatic rings. The van der Waals surface area contributed by atoms with E-state index in [0.717, 1.165) is 5.69 Å². The third kappa shape index (κ3) is 6.88. The first-order chi connectivity index (χ1) is 8.47. The highest BCUT2D eigenvalue weighted by molar-refractivity contribution is 5.75. The average Bonchev–Trinajstić information content (AvgIpc) is 2.33. The Balaban J connectivity index is 2.09. The first-order valence-electron chi connectivity index (χ1n) is 5.71. The SMILES string of the molecule is O=C(CCC(F)(F)F)NCCCc1ccccn1. The first-order valence-corrected chi connectivity index (χ1v) is 5.71. The normalized spacial score (nSPS) is 11.3. The molecule has 1 N–H and O–H groups in total. The van der Waals surface area contributed by atoms with Gasteiger partial charge in [0.2, 0.25) is 5.91 Å². The van der Waals surface area contributed by atoms with E-state index in [9.17, 15) is 18.0 Å². The number of nitrogens with one attached hydrogen (secondary N) is 1. The van der Waals surface area contributed by atoms with Gasteiger partial charge in [0.15, 0.2) is 0 Å². The molecule has 0 spiro atoms. The van der Waals surface area contributed by atoms with Crippen molar-refractivity contribution in [3.05, 3.63) is 30.1 Å². The molecule has 1 aromatic heterocycles. The zero-order valence-electron chi connectivity index (χ0n) is 9.83. The second-order valence-electron chi connectivity index (χ2n) is 3.89. The number of aryl methyl sites for hydroxylation is 1. The van der Waals surface area contributed by atoms with Crippen LogP contribution < -0.4 is 5.32 Å². The average molecular weight is 260 g/mol. The van der Waals surface area contributed by atoms with Crippen LogP contribution in [-0.2, 0) is 11.2 Å². The van der Waals surface area contributed by atoms with Gasteiger partial charge in [-0.3, -0.25) is 9.78 Å². The number of carbonyl (C=O) groups is 1. The molecule has 0 aliphatic carbocycles. The number of hydrogen-bond acceptors (Lipinski definition) is 2. The predicted octanol–water partition coefficient (Wildman–Crippen LogP) is 2.47. The van der Waals surface area contributed by atoms with Crippen molar-refractivity contribution in [1.29, 1.82) is 0 Å². The number of amides is 1. The van der Waals surface area contributed by atoms with Gasteiger partial charge in [0, 0.05) is 24.9 Å². The molecule has 18 heavy (non-hydrogen) atoms. The lowest BCUT2D eigenvalue weighted by atomic mass is 10.2. The number of halogens is 3. The highest BCUT2D eigenvalue weighted by Gasteiger charge is 2.27. The van der Waals surface area contributed by atoms with Crippen molar-refractivity contribution >= 4 is 5.91 Å². The van der Waals surface area contributed by atoms with Crippen LogP contribution in [0, 0.1) is 0 Å². The van der Waals surface area contributed by atoms with E-state index in [1.807, 2.05) is 18.2 Å². The largest absolute Gasteiger partial charge is 0.389 e. The lowest BCUT2D eigenvalue weighted by Gasteiger charge is -2.07. The third-order valence-electron chi connectivity index (χ3n) is 2.29. The van der Waals surface area contributed by atoms with Crippen LogP contribution in [0.25, 0.3) is 0 Å². The van der Waals surface area contributed by atoms with E-state index in [4.69, 9.17) is 0 Å². The van der Waals surface area contributed by atoms with Gasteiger partial charge in [0.25, 0.3) is 0 Å². The molecule has 1 amide bonds. The minimum Gasteiger partial charge on any atom is -0.356 e. The van der Waals surface area contributed by atoms with Crippen LogP contribution in [0.2, 0.25) is 0 Å². The van der Waals surface area contributed by atoms with Crippen molar-refractivity contribution in [1.82, 2.24) is 10.3 Å². The molecule has 3 nitrogen and oxygen atoms in total. The summed E-state index contributed by atoms with van der Waals surface area (Å²) in [7, 11) is 0. The molecule has 1 rings (SSSR count). The maximum atomic E-state index is 11.8. The molecule has 0 unspecified atom stereocenters. The lowest BCUT2D eigenvalue weighted by molar-refractivity contribution is -0.144. The smallest absolute Gasteiger partial charge is 0.356 e. The number of rotatable bonds is 6. The molecule has 1 heterocycles. The third-order valence-corrected chi connectivity index (χ3v) is 2.29. The summed E-state index contributed by atoms with van der Waals surface area (Å²) in [5.41, 5.74) is 0.905. The highest BCUT2D eigenvalue weighted by atomic mass is 19.4. The van der Waals surface area contributed by atoms with Gasteiger partial charge < -0.3 is 5.32 Å². The van der Waals surface area contributed by atoms with Crippen molar-refractivity contribution in [2.75, 3.05) is 6.54 Å². The number of carbonyl (C=O) groups excluding carboxylic acids is 1. The summed E-state index contributed by atoms with van der Waals surface area (Å²) in [5, 5.41) is 2.46. The maximum Gasteiger partial charge on any atom is 0.389 e. The Bertz CT molecular complexity index is 365. The molecule has 0 saturated carbocycles. The molecule has 6 heteroatoms. The molecule has 0 atom stereocenters. The summed E-state index contributed by atoms with van der Waals surface area (Å²) in [6, 6.07) is 5.54. The number of alkyl halides is 3. The lowest BCUT2D eigenvalue weighted by Crippen LogP contribution is -2.26. The van der Waals surface area contributed by atoms with Gasteiger partial charge in [-0.1, -0.05) is 6.07 Å². The Labute approximate surface area is 103 Å². The number of hydrogen-bond donors (Lipinski definition) is 1. The van der Waals surface area contributed by atoms with E-state index in [2.05, 4.69) is 10.3 Å². The fourth-order valence-electron chi connectivity index (χ4n) is 1.39. The zero-order chi connectivity index (χ0) is 13.4. The van der Waals surface area contributed by atoms with Gasteiger partial charge in [0.05, 0.1) is 6.42 Å². The fraction of sp³-hybridized carbons (Fsp3) is 0.500. The molecule has 0 aliphatic rings. The quantitative estimate of drug-likeness (QED) is 0.798. The molecular weight excluding hydrogens is 245 g/mol. The van der Waals surface area contributed by atoms with Crippen LogP contribution in [-0.4, -0.2) is 23.6 Å². The summed E-state index contributed by atoms with van der Waals surface area (Å²) in [6.45, 7) is 0.368. The summed E-state index contributed by atoms with van der Waals surface area (Å²) in [4.78, 5) is 15.2. The Morgan fingerprint density at radius 3 is 2.72 bits per heavy atom. The van der Waals surface area contributed by atoms with Gasteiger partial charge in [-0.2, -0.15) is 13.2 Å². The zero-order valence-corrected chi connectivity index (χ0v) is 9.83.